The fraction of sp³-hybridized carbons (Fsp3) is 0.583. The standard InChI is InChI=1S/C12H18N2O/c1-2-10-5-6-12(14-8-10)15-11-4-3-7-13-9-11/h5-6,8,11,13H,2-4,7,9H2,1H3/t11-/m0/s1. The van der Waals surface area contributed by atoms with Crippen molar-refractivity contribution in [3.63, 3.8) is 0 Å². The van der Waals surface area contributed by atoms with E-state index in [0.717, 1.165) is 31.8 Å². The maximum absolute atomic E-state index is 5.78. The van der Waals surface area contributed by atoms with E-state index < -0.39 is 0 Å². The van der Waals surface area contributed by atoms with Crippen LogP contribution < -0.4 is 10.1 Å². The van der Waals surface area contributed by atoms with Crippen molar-refractivity contribution in [2.75, 3.05) is 13.1 Å². The molecule has 0 aromatic carbocycles. The van der Waals surface area contributed by atoms with Gasteiger partial charge in [-0.25, -0.2) is 4.98 Å². The number of aryl methyl sites for hydroxylation is 1. The smallest absolute Gasteiger partial charge is 0.213 e. The Balaban J connectivity index is 1.91. The highest BCUT2D eigenvalue weighted by molar-refractivity contribution is 5.17. The molecular weight excluding hydrogens is 188 g/mol. The summed E-state index contributed by atoms with van der Waals surface area (Å²) in [7, 11) is 0. The molecular formula is C12H18N2O. The number of rotatable bonds is 3. The van der Waals surface area contributed by atoms with Crippen LogP contribution in [0.3, 0.4) is 0 Å². The van der Waals surface area contributed by atoms with Gasteiger partial charge in [0.2, 0.25) is 5.88 Å². The van der Waals surface area contributed by atoms with Crippen LogP contribution in [0.5, 0.6) is 5.88 Å². The molecule has 1 N–H and O–H groups in total. The summed E-state index contributed by atoms with van der Waals surface area (Å²) in [6.45, 7) is 4.18. The van der Waals surface area contributed by atoms with E-state index in [-0.39, 0.29) is 0 Å². The van der Waals surface area contributed by atoms with Gasteiger partial charge in [-0.1, -0.05) is 13.0 Å². The third-order valence-electron chi connectivity index (χ3n) is 2.74. The summed E-state index contributed by atoms with van der Waals surface area (Å²) >= 11 is 0. The quantitative estimate of drug-likeness (QED) is 0.818. The van der Waals surface area contributed by atoms with E-state index in [1.54, 1.807) is 0 Å². The van der Waals surface area contributed by atoms with Gasteiger partial charge in [-0.15, -0.1) is 0 Å². The van der Waals surface area contributed by atoms with Gasteiger partial charge in [0.1, 0.15) is 6.10 Å². The zero-order valence-electron chi connectivity index (χ0n) is 9.20. The van der Waals surface area contributed by atoms with Crippen LogP contribution >= 0.6 is 0 Å². The highest BCUT2D eigenvalue weighted by Gasteiger charge is 2.14. The number of aromatic nitrogens is 1. The average Bonchev–Trinajstić information content (AvgIpc) is 2.31. The molecule has 0 aliphatic carbocycles. The van der Waals surface area contributed by atoms with E-state index in [0.29, 0.717) is 6.10 Å². The van der Waals surface area contributed by atoms with E-state index in [2.05, 4.69) is 23.3 Å². The van der Waals surface area contributed by atoms with Crippen molar-refractivity contribution in [2.45, 2.75) is 32.3 Å². The Bertz CT molecular complexity index is 291. The molecule has 1 aromatic rings. The first-order valence-corrected chi connectivity index (χ1v) is 5.71. The van der Waals surface area contributed by atoms with Gasteiger partial charge in [-0.2, -0.15) is 0 Å². The molecule has 1 atom stereocenters. The third-order valence-corrected chi connectivity index (χ3v) is 2.74. The first kappa shape index (κ1) is 10.4. The maximum Gasteiger partial charge on any atom is 0.213 e. The van der Waals surface area contributed by atoms with Gasteiger partial charge < -0.3 is 10.1 Å². The number of nitrogens with one attached hydrogen (secondary N) is 1. The summed E-state index contributed by atoms with van der Waals surface area (Å²) in [6.07, 6.45) is 5.53. The number of pyridine rings is 1. The predicted molar refractivity (Wildman–Crippen MR) is 60.1 cm³/mol. The van der Waals surface area contributed by atoms with Crippen LogP contribution in [0.4, 0.5) is 0 Å². The monoisotopic (exact) mass is 206 g/mol. The lowest BCUT2D eigenvalue weighted by Crippen LogP contribution is -2.37. The van der Waals surface area contributed by atoms with E-state index in [4.69, 9.17) is 4.74 Å². The Labute approximate surface area is 90.9 Å². The van der Waals surface area contributed by atoms with Crippen LogP contribution in [0.25, 0.3) is 0 Å². The van der Waals surface area contributed by atoms with E-state index in [9.17, 15) is 0 Å². The summed E-state index contributed by atoms with van der Waals surface area (Å²) in [4.78, 5) is 4.29. The number of piperidine rings is 1. The van der Waals surface area contributed by atoms with Crippen LogP contribution in [0.2, 0.25) is 0 Å². The largest absolute Gasteiger partial charge is 0.473 e. The normalized spacial score (nSPS) is 21.3. The SMILES string of the molecule is CCc1ccc(O[C@H]2CCCNC2)nc1. The molecule has 0 bridgehead atoms. The molecule has 3 heteroatoms. The van der Waals surface area contributed by atoms with E-state index in [1.807, 2.05) is 12.3 Å². The highest BCUT2D eigenvalue weighted by atomic mass is 16.5. The van der Waals surface area contributed by atoms with Gasteiger partial charge in [0.15, 0.2) is 0 Å². The van der Waals surface area contributed by atoms with Gasteiger partial charge in [0, 0.05) is 18.8 Å². The van der Waals surface area contributed by atoms with Gasteiger partial charge in [-0.3, -0.25) is 0 Å². The molecule has 0 saturated carbocycles. The topological polar surface area (TPSA) is 34.1 Å². The minimum absolute atomic E-state index is 0.290. The van der Waals surface area contributed by atoms with Crippen molar-refractivity contribution in [1.82, 2.24) is 10.3 Å². The lowest BCUT2D eigenvalue weighted by atomic mass is 10.1. The Morgan fingerprint density at radius 1 is 1.53 bits per heavy atom. The molecule has 1 aromatic heterocycles. The van der Waals surface area contributed by atoms with Gasteiger partial charge in [0.05, 0.1) is 0 Å². The lowest BCUT2D eigenvalue weighted by molar-refractivity contribution is 0.160. The fourth-order valence-electron chi connectivity index (χ4n) is 1.78. The molecule has 0 unspecified atom stereocenters. The molecule has 1 fully saturated rings. The van der Waals surface area contributed by atoms with Crippen molar-refractivity contribution in [1.29, 1.82) is 0 Å². The summed E-state index contributed by atoms with van der Waals surface area (Å²) < 4.78 is 5.78. The third kappa shape index (κ3) is 2.93. The molecule has 2 heterocycles. The molecule has 1 aliphatic heterocycles. The Morgan fingerprint density at radius 3 is 3.07 bits per heavy atom. The van der Waals surface area contributed by atoms with Crippen molar-refractivity contribution >= 4 is 0 Å². The molecule has 1 aliphatic rings. The lowest BCUT2D eigenvalue weighted by Gasteiger charge is -2.23. The fourth-order valence-corrected chi connectivity index (χ4v) is 1.78. The number of hydrogen-bond donors (Lipinski definition) is 1. The molecule has 82 valence electrons. The van der Waals surface area contributed by atoms with Gasteiger partial charge in [0.25, 0.3) is 0 Å². The zero-order valence-corrected chi connectivity index (χ0v) is 9.20. The average molecular weight is 206 g/mol. The molecule has 3 nitrogen and oxygen atoms in total. The van der Waals surface area contributed by atoms with Crippen LogP contribution in [-0.2, 0) is 6.42 Å². The van der Waals surface area contributed by atoms with Gasteiger partial charge >= 0.3 is 0 Å². The summed E-state index contributed by atoms with van der Waals surface area (Å²) in [5.41, 5.74) is 1.25. The molecule has 0 radical (unpaired) electrons. The second-order valence-corrected chi connectivity index (χ2v) is 3.94. The number of nitrogens with zero attached hydrogens (tertiary/aromatic N) is 1. The first-order valence-electron chi connectivity index (χ1n) is 5.71. The summed E-state index contributed by atoms with van der Waals surface area (Å²) in [5, 5.41) is 3.32. The number of ether oxygens (including phenoxy) is 1. The van der Waals surface area contributed by atoms with Crippen LogP contribution in [0, 0.1) is 0 Å². The van der Waals surface area contributed by atoms with Gasteiger partial charge in [-0.05, 0) is 31.4 Å². The minimum Gasteiger partial charge on any atom is -0.473 e. The molecule has 15 heavy (non-hydrogen) atoms. The highest BCUT2D eigenvalue weighted by Crippen LogP contribution is 2.13. The van der Waals surface area contributed by atoms with Crippen molar-refractivity contribution in [2.24, 2.45) is 0 Å². The van der Waals surface area contributed by atoms with Crippen molar-refractivity contribution in [3.05, 3.63) is 23.9 Å². The van der Waals surface area contributed by atoms with Crippen molar-refractivity contribution < 1.29 is 4.74 Å². The molecule has 1 saturated heterocycles. The Hall–Kier alpha value is -1.09. The number of hydrogen-bond acceptors (Lipinski definition) is 3. The minimum atomic E-state index is 0.290. The Kier molecular flexibility index (Phi) is 3.56. The maximum atomic E-state index is 5.78. The second-order valence-electron chi connectivity index (χ2n) is 3.94. The summed E-state index contributed by atoms with van der Waals surface area (Å²) in [5.74, 6) is 0.751. The second kappa shape index (κ2) is 5.12. The molecule has 0 amide bonds. The first-order chi connectivity index (χ1) is 7.38. The van der Waals surface area contributed by atoms with Crippen LogP contribution in [0.15, 0.2) is 18.3 Å². The van der Waals surface area contributed by atoms with Crippen molar-refractivity contribution in [3.8, 4) is 5.88 Å². The van der Waals surface area contributed by atoms with E-state index in [1.165, 1.54) is 12.0 Å². The summed E-state index contributed by atoms with van der Waals surface area (Å²) in [6, 6.07) is 4.05. The predicted octanol–water partition coefficient (Wildman–Crippen LogP) is 1.77. The Morgan fingerprint density at radius 2 is 2.47 bits per heavy atom. The van der Waals surface area contributed by atoms with Crippen LogP contribution in [0.1, 0.15) is 25.3 Å². The van der Waals surface area contributed by atoms with Crippen LogP contribution in [-0.4, -0.2) is 24.2 Å². The molecule has 2 rings (SSSR count). The van der Waals surface area contributed by atoms with E-state index >= 15 is 0 Å². The zero-order chi connectivity index (χ0) is 10.5. The molecule has 0 spiro atoms.